The van der Waals surface area contributed by atoms with Gasteiger partial charge in [0, 0.05) is 32.0 Å². The van der Waals surface area contributed by atoms with E-state index in [9.17, 15) is 4.79 Å². The number of aryl methyl sites for hydroxylation is 1. The number of nitrogens with zero attached hydrogens (tertiary/aromatic N) is 4. The van der Waals surface area contributed by atoms with E-state index < -0.39 is 0 Å². The van der Waals surface area contributed by atoms with Crippen LogP contribution in [-0.2, 0) is 17.8 Å². The van der Waals surface area contributed by atoms with Gasteiger partial charge in [-0.15, -0.1) is 10.2 Å². The lowest BCUT2D eigenvalue weighted by molar-refractivity contribution is -0.139. The van der Waals surface area contributed by atoms with Gasteiger partial charge in [0.15, 0.2) is 6.10 Å². The number of hydrogen-bond acceptors (Lipinski definition) is 4. The van der Waals surface area contributed by atoms with Crippen molar-refractivity contribution in [3.8, 4) is 5.75 Å². The summed E-state index contributed by atoms with van der Waals surface area (Å²) in [5.41, 5.74) is 1.13. The SMILES string of the molecule is CCn1cnnc1C1CCN(C(=O)[C@@H]2Cc3ccccc3O2)CC1. The first kappa shape index (κ1) is 15.2. The van der Waals surface area contributed by atoms with Crippen LogP contribution in [0.4, 0.5) is 0 Å². The Hall–Kier alpha value is -2.37. The zero-order chi connectivity index (χ0) is 16.5. The Balaban J connectivity index is 1.37. The van der Waals surface area contributed by atoms with Gasteiger partial charge >= 0.3 is 0 Å². The molecular weight excluding hydrogens is 304 g/mol. The van der Waals surface area contributed by atoms with E-state index in [0.717, 1.165) is 49.6 Å². The Bertz CT molecular complexity index is 709. The molecule has 0 bridgehead atoms. The highest BCUT2D eigenvalue weighted by atomic mass is 16.5. The van der Waals surface area contributed by atoms with Crippen LogP contribution in [0, 0.1) is 0 Å². The summed E-state index contributed by atoms with van der Waals surface area (Å²) in [5.74, 6) is 2.40. The molecule has 1 saturated heterocycles. The van der Waals surface area contributed by atoms with Crippen LogP contribution in [0.2, 0.25) is 0 Å². The first-order valence-corrected chi connectivity index (χ1v) is 8.67. The van der Waals surface area contributed by atoms with Crippen molar-refractivity contribution in [3.63, 3.8) is 0 Å². The van der Waals surface area contributed by atoms with E-state index in [1.54, 1.807) is 6.33 Å². The third kappa shape index (κ3) is 2.66. The second-order valence-electron chi connectivity index (χ2n) is 6.49. The quantitative estimate of drug-likeness (QED) is 0.866. The highest BCUT2D eigenvalue weighted by molar-refractivity contribution is 5.82. The topological polar surface area (TPSA) is 60.2 Å². The fourth-order valence-corrected chi connectivity index (χ4v) is 3.71. The van der Waals surface area contributed by atoms with E-state index in [2.05, 4.69) is 21.7 Å². The lowest BCUT2D eigenvalue weighted by atomic mass is 9.95. The summed E-state index contributed by atoms with van der Waals surface area (Å²) in [5, 5.41) is 8.29. The van der Waals surface area contributed by atoms with Crippen molar-refractivity contribution in [1.82, 2.24) is 19.7 Å². The Kier molecular flexibility index (Phi) is 3.96. The molecule has 0 unspecified atom stereocenters. The van der Waals surface area contributed by atoms with Crippen LogP contribution in [0.15, 0.2) is 30.6 Å². The lowest BCUT2D eigenvalue weighted by Crippen LogP contribution is -2.45. The Morgan fingerprint density at radius 2 is 2.08 bits per heavy atom. The van der Waals surface area contributed by atoms with Gasteiger partial charge in [-0.25, -0.2) is 0 Å². The van der Waals surface area contributed by atoms with E-state index in [0.29, 0.717) is 12.3 Å². The van der Waals surface area contributed by atoms with Crippen LogP contribution in [0.5, 0.6) is 5.75 Å². The van der Waals surface area contributed by atoms with Gasteiger partial charge in [0.1, 0.15) is 17.9 Å². The molecule has 3 heterocycles. The number of carbonyl (C=O) groups excluding carboxylic acids is 1. The van der Waals surface area contributed by atoms with E-state index in [1.165, 1.54) is 0 Å². The lowest BCUT2D eigenvalue weighted by Gasteiger charge is -2.32. The molecule has 0 N–H and O–H groups in total. The second kappa shape index (κ2) is 6.26. The maximum atomic E-state index is 12.8. The highest BCUT2D eigenvalue weighted by Gasteiger charge is 2.34. The number of fused-ring (bicyclic) bond motifs is 1. The van der Waals surface area contributed by atoms with Gasteiger partial charge in [-0.1, -0.05) is 18.2 Å². The molecule has 0 radical (unpaired) electrons. The van der Waals surface area contributed by atoms with Crippen molar-refractivity contribution < 1.29 is 9.53 Å². The van der Waals surface area contributed by atoms with Gasteiger partial charge in [-0.05, 0) is 31.4 Å². The number of rotatable bonds is 3. The highest BCUT2D eigenvalue weighted by Crippen LogP contribution is 2.31. The first-order chi connectivity index (χ1) is 11.8. The van der Waals surface area contributed by atoms with Crippen LogP contribution in [0.25, 0.3) is 0 Å². The molecule has 4 rings (SSSR count). The number of carbonyl (C=O) groups is 1. The molecule has 2 aliphatic heterocycles. The molecule has 2 aliphatic rings. The van der Waals surface area contributed by atoms with Crippen molar-refractivity contribution >= 4 is 5.91 Å². The van der Waals surface area contributed by atoms with Gasteiger partial charge in [0.25, 0.3) is 5.91 Å². The van der Waals surface area contributed by atoms with Crippen molar-refractivity contribution in [2.24, 2.45) is 0 Å². The summed E-state index contributed by atoms with van der Waals surface area (Å²) >= 11 is 0. The Labute approximate surface area is 141 Å². The Morgan fingerprint density at radius 3 is 2.83 bits per heavy atom. The summed E-state index contributed by atoms with van der Waals surface area (Å²) in [6.07, 6.45) is 3.97. The molecule has 1 fully saturated rings. The molecule has 0 spiro atoms. The molecule has 24 heavy (non-hydrogen) atoms. The summed E-state index contributed by atoms with van der Waals surface area (Å²) in [6.45, 7) is 4.50. The van der Waals surface area contributed by atoms with Crippen molar-refractivity contribution in [3.05, 3.63) is 42.0 Å². The molecule has 0 saturated carbocycles. The average molecular weight is 326 g/mol. The number of ether oxygens (including phenoxy) is 1. The van der Waals surface area contributed by atoms with Crippen molar-refractivity contribution in [2.75, 3.05) is 13.1 Å². The monoisotopic (exact) mass is 326 g/mol. The normalized spacial score (nSPS) is 20.7. The smallest absolute Gasteiger partial charge is 0.263 e. The van der Waals surface area contributed by atoms with Gasteiger partial charge in [0.2, 0.25) is 0 Å². The molecule has 1 aromatic carbocycles. The molecule has 2 aromatic rings. The van der Waals surface area contributed by atoms with Crippen LogP contribution in [0.3, 0.4) is 0 Å². The maximum absolute atomic E-state index is 12.8. The van der Waals surface area contributed by atoms with Gasteiger partial charge in [0.05, 0.1) is 0 Å². The standard InChI is InChI=1S/C18H22N4O2/c1-2-21-12-19-20-17(21)13-7-9-22(10-8-13)18(23)16-11-14-5-3-4-6-15(14)24-16/h3-6,12-13,16H,2,7-11H2,1H3/t16-/m0/s1. The Morgan fingerprint density at radius 1 is 1.29 bits per heavy atom. The van der Waals surface area contributed by atoms with Gasteiger partial charge < -0.3 is 14.2 Å². The van der Waals surface area contributed by atoms with E-state index in [1.807, 2.05) is 29.2 Å². The molecule has 6 heteroatoms. The number of hydrogen-bond donors (Lipinski definition) is 0. The minimum Gasteiger partial charge on any atom is -0.480 e. The van der Waals surface area contributed by atoms with E-state index >= 15 is 0 Å². The molecular formula is C18H22N4O2. The predicted molar refractivity (Wildman–Crippen MR) is 88.8 cm³/mol. The van der Waals surface area contributed by atoms with E-state index in [-0.39, 0.29) is 12.0 Å². The molecule has 1 amide bonds. The predicted octanol–water partition coefficient (Wildman–Crippen LogP) is 2.01. The number of para-hydroxylation sites is 1. The maximum Gasteiger partial charge on any atom is 0.263 e. The third-order valence-electron chi connectivity index (χ3n) is 5.08. The minimum atomic E-state index is -0.363. The van der Waals surface area contributed by atoms with Crippen LogP contribution in [0.1, 0.15) is 37.1 Å². The number of piperidine rings is 1. The molecule has 1 atom stereocenters. The second-order valence-corrected chi connectivity index (χ2v) is 6.49. The fourth-order valence-electron chi connectivity index (χ4n) is 3.71. The zero-order valence-electron chi connectivity index (χ0n) is 13.9. The third-order valence-corrected chi connectivity index (χ3v) is 5.08. The molecule has 6 nitrogen and oxygen atoms in total. The van der Waals surface area contributed by atoms with Crippen LogP contribution >= 0.6 is 0 Å². The molecule has 0 aliphatic carbocycles. The fraction of sp³-hybridized carbons (Fsp3) is 0.500. The zero-order valence-corrected chi connectivity index (χ0v) is 13.9. The molecule has 126 valence electrons. The van der Waals surface area contributed by atoms with Crippen molar-refractivity contribution in [1.29, 1.82) is 0 Å². The van der Waals surface area contributed by atoms with Crippen molar-refractivity contribution in [2.45, 2.75) is 44.8 Å². The first-order valence-electron chi connectivity index (χ1n) is 8.67. The summed E-state index contributed by atoms with van der Waals surface area (Å²) < 4.78 is 7.94. The number of aromatic nitrogens is 3. The largest absolute Gasteiger partial charge is 0.480 e. The van der Waals surface area contributed by atoms with Gasteiger partial charge in [-0.3, -0.25) is 4.79 Å². The number of benzene rings is 1. The van der Waals surface area contributed by atoms with Crippen LogP contribution in [-0.4, -0.2) is 44.8 Å². The molecule has 1 aromatic heterocycles. The average Bonchev–Trinajstić information content (AvgIpc) is 3.27. The van der Waals surface area contributed by atoms with E-state index in [4.69, 9.17) is 4.74 Å². The number of amides is 1. The van der Waals surface area contributed by atoms with Crippen LogP contribution < -0.4 is 4.74 Å². The minimum absolute atomic E-state index is 0.113. The van der Waals surface area contributed by atoms with Gasteiger partial charge in [-0.2, -0.15) is 0 Å². The summed E-state index contributed by atoms with van der Waals surface area (Å²) in [7, 11) is 0. The summed E-state index contributed by atoms with van der Waals surface area (Å²) in [4.78, 5) is 14.7. The number of likely N-dealkylation sites (tertiary alicyclic amines) is 1. The summed E-state index contributed by atoms with van der Waals surface area (Å²) in [6, 6.07) is 7.91.